The van der Waals surface area contributed by atoms with Gasteiger partial charge in [-0.3, -0.25) is 9.59 Å². The first-order valence-electron chi connectivity index (χ1n) is 9.03. The van der Waals surface area contributed by atoms with E-state index in [2.05, 4.69) is 5.32 Å². The van der Waals surface area contributed by atoms with E-state index in [1.807, 2.05) is 36.1 Å². The maximum atomic E-state index is 13.6. The lowest BCUT2D eigenvalue weighted by Gasteiger charge is -2.39. The number of benzene rings is 2. The van der Waals surface area contributed by atoms with Crippen LogP contribution in [0.1, 0.15) is 36.0 Å². The Morgan fingerprint density at radius 1 is 1.26 bits per heavy atom. The summed E-state index contributed by atoms with van der Waals surface area (Å²) in [6.45, 7) is 4.11. The van der Waals surface area contributed by atoms with E-state index in [1.165, 1.54) is 6.07 Å². The summed E-state index contributed by atoms with van der Waals surface area (Å²) < 4.78 is 13.6. The number of amides is 2. The molecule has 0 bridgehead atoms. The van der Waals surface area contributed by atoms with Gasteiger partial charge in [-0.2, -0.15) is 0 Å². The molecule has 0 unspecified atom stereocenters. The molecule has 3 rings (SSSR count). The maximum absolute atomic E-state index is 13.6. The number of nitrogens with two attached hydrogens (primary N) is 1. The molecule has 2 aromatic carbocycles. The minimum absolute atomic E-state index is 0.0000284. The van der Waals surface area contributed by atoms with E-state index in [0.29, 0.717) is 17.5 Å². The van der Waals surface area contributed by atoms with Gasteiger partial charge in [-0.25, -0.2) is 4.39 Å². The molecule has 1 heterocycles. The van der Waals surface area contributed by atoms with Crippen LogP contribution in [0, 0.1) is 12.7 Å². The molecular weight excluding hydrogens is 345 g/mol. The number of rotatable bonds is 5. The van der Waals surface area contributed by atoms with Gasteiger partial charge in [0.25, 0.3) is 0 Å². The fourth-order valence-electron chi connectivity index (χ4n) is 3.54. The zero-order valence-corrected chi connectivity index (χ0v) is 15.5. The predicted molar refractivity (Wildman–Crippen MR) is 103 cm³/mol. The Balaban J connectivity index is 1.70. The van der Waals surface area contributed by atoms with Crippen LogP contribution in [-0.2, 0) is 16.1 Å². The normalized spacial score (nSPS) is 18.7. The van der Waals surface area contributed by atoms with Crippen molar-refractivity contribution in [3.8, 4) is 0 Å². The highest BCUT2D eigenvalue weighted by Gasteiger charge is 2.33. The third kappa shape index (κ3) is 4.10. The summed E-state index contributed by atoms with van der Waals surface area (Å²) in [5, 5.41) is 2.84. The van der Waals surface area contributed by atoms with E-state index in [4.69, 9.17) is 5.73 Å². The number of nitrogens with zero attached hydrogens (tertiary/aromatic N) is 1. The first-order chi connectivity index (χ1) is 12.9. The second kappa shape index (κ2) is 7.78. The van der Waals surface area contributed by atoms with Crippen LogP contribution in [0.5, 0.6) is 0 Å². The van der Waals surface area contributed by atoms with Gasteiger partial charge < -0.3 is 16.0 Å². The van der Waals surface area contributed by atoms with Crippen molar-refractivity contribution in [1.82, 2.24) is 5.32 Å². The second-order valence-corrected chi connectivity index (χ2v) is 7.09. The molecule has 0 saturated carbocycles. The molecule has 27 heavy (non-hydrogen) atoms. The number of hydrogen-bond donors (Lipinski definition) is 2. The number of aryl methyl sites for hydroxylation is 1. The van der Waals surface area contributed by atoms with Crippen LogP contribution >= 0.6 is 0 Å². The first-order valence-corrected chi connectivity index (χ1v) is 9.03. The summed E-state index contributed by atoms with van der Waals surface area (Å²) in [7, 11) is 0. The largest absolute Gasteiger partial charge is 0.369 e. The van der Waals surface area contributed by atoms with E-state index in [0.717, 1.165) is 11.3 Å². The predicted octanol–water partition coefficient (Wildman–Crippen LogP) is 2.62. The average molecular weight is 369 g/mol. The molecule has 2 aromatic rings. The van der Waals surface area contributed by atoms with Gasteiger partial charge in [0.1, 0.15) is 5.82 Å². The van der Waals surface area contributed by atoms with E-state index in [9.17, 15) is 14.0 Å². The monoisotopic (exact) mass is 369 g/mol. The Kier molecular flexibility index (Phi) is 5.44. The number of nitrogens with one attached hydrogen (secondary N) is 1. The lowest BCUT2D eigenvalue weighted by molar-refractivity contribution is -0.120. The quantitative estimate of drug-likeness (QED) is 0.851. The number of fused-ring (bicyclic) bond motifs is 1. The minimum atomic E-state index is -0.347. The molecule has 0 spiro atoms. The molecule has 0 saturated heterocycles. The summed E-state index contributed by atoms with van der Waals surface area (Å²) in [6.07, 6.45) is 0.572. The lowest BCUT2D eigenvalue weighted by atomic mass is 9.85. The van der Waals surface area contributed by atoms with Gasteiger partial charge in [-0.15, -0.1) is 0 Å². The number of carbonyl (C=O) groups is 2. The van der Waals surface area contributed by atoms with Gasteiger partial charge in [0, 0.05) is 18.3 Å². The van der Waals surface area contributed by atoms with Crippen molar-refractivity contribution >= 4 is 17.5 Å². The van der Waals surface area contributed by atoms with Crippen molar-refractivity contribution in [1.29, 1.82) is 0 Å². The highest BCUT2D eigenvalue weighted by Crippen LogP contribution is 2.37. The number of anilines is 1. The van der Waals surface area contributed by atoms with Crippen molar-refractivity contribution < 1.29 is 14.0 Å². The highest BCUT2D eigenvalue weighted by atomic mass is 19.1. The number of hydrogen-bond acceptors (Lipinski definition) is 3. The third-order valence-corrected chi connectivity index (χ3v) is 5.11. The zero-order valence-electron chi connectivity index (χ0n) is 15.5. The SMILES string of the molecule is Cc1ccc(CNC(=O)CN2c3ccccc3[C@H](C(N)=O)C[C@@H]2C)cc1F. The summed E-state index contributed by atoms with van der Waals surface area (Å²) in [5.41, 5.74) is 8.57. The number of halogens is 1. The second-order valence-electron chi connectivity index (χ2n) is 7.09. The molecular formula is C21H24FN3O2. The standard InChI is InChI=1S/C21H24FN3O2/c1-13-7-8-15(10-18(13)22)11-24-20(26)12-25-14(2)9-17(21(23)27)16-5-3-4-6-19(16)25/h3-8,10,14,17H,9,11-12H2,1-2H3,(H2,23,27)(H,24,26)/t14-,17+/m0/s1. The van der Waals surface area contributed by atoms with E-state index < -0.39 is 0 Å². The Hall–Kier alpha value is -2.89. The average Bonchev–Trinajstić information content (AvgIpc) is 2.64. The maximum Gasteiger partial charge on any atom is 0.239 e. The Labute approximate surface area is 158 Å². The van der Waals surface area contributed by atoms with Gasteiger partial charge in [-0.1, -0.05) is 30.3 Å². The van der Waals surface area contributed by atoms with Gasteiger partial charge in [-0.05, 0) is 49.1 Å². The molecule has 6 heteroatoms. The van der Waals surface area contributed by atoms with Crippen LogP contribution in [0.2, 0.25) is 0 Å². The first kappa shape index (κ1) is 18.9. The molecule has 0 aromatic heterocycles. The van der Waals surface area contributed by atoms with E-state index >= 15 is 0 Å². The summed E-state index contributed by atoms with van der Waals surface area (Å²) in [5.74, 6) is -1.13. The molecule has 0 radical (unpaired) electrons. The van der Waals surface area contributed by atoms with Crippen LogP contribution < -0.4 is 16.0 Å². The minimum Gasteiger partial charge on any atom is -0.369 e. The summed E-state index contributed by atoms with van der Waals surface area (Å²) >= 11 is 0. The molecule has 3 N–H and O–H groups in total. The zero-order chi connectivity index (χ0) is 19.6. The Bertz CT molecular complexity index is 868. The fourth-order valence-corrected chi connectivity index (χ4v) is 3.54. The van der Waals surface area contributed by atoms with Gasteiger partial charge >= 0.3 is 0 Å². The molecule has 2 amide bonds. The van der Waals surface area contributed by atoms with E-state index in [1.54, 1.807) is 19.1 Å². The van der Waals surface area contributed by atoms with Crippen LogP contribution in [-0.4, -0.2) is 24.4 Å². The molecule has 1 aliphatic rings. The van der Waals surface area contributed by atoms with Crippen molar-refractivity contribution in [2.45, 2.75) is 38.8 Å². The third-order valence-electron chi connectivity index (χ3n) is 5.11. The highest BCUT2D eigenvalue weighted by molar-refractivity contribution is 5.87. The summed E-state index contributed by atoms with van der Waals surface area (Å²) in [4.78, 5) is 26.3. The van der Waals surface area contributed by atoms with Gasteiger partial charge in [0.2, 0.25) is 11.8 Å². The molecule has 2 atom stereocenters. The van der Waals surface area contributed by atoms with Crippen molar-refractivity contribution in [2.24, 2.45) is 5.73 Å². The smallest absolute Gasteiger partial charge is 0.239 e. The molecule has 5 nitrogen and oxygen atoms in total. The van der Waals surface area contributed by atoms with Crippen LogP contribution in [0.3, 0.4) is 0 Å². The van der Waals surface area contributed by atoms with Crippen molar-refractivity contribution in [2.75, 3.05) is 11.4 Å². The number of carbonyl (C=O) groups excluding carboxylic acids is 2. The fraction of sp³-hybridized carbons (Fsp3) is 0.333. The summed E-state index contributed by atoms with van der Waals surface area (Å²) in [6, 6.07) is 12.5. The molecule has 0 fully saturated rings. The Morgan fingerprint density at radius 3 is 2.70 bits per heavy atom. The Morgan fingerprint density at radius 2 is 2.00 bits per heavy atom. The van der Waals surface area contributed by atoms with Crippen molar-refractivity contribution in [3.63, 3.8) is 0 Å². The van der Waals surface area contributed by atoms with Crippen LogP contribution in [0.25, 0.3) is 0 Å². The van der Waals surface area contributed by atoms with E-state index in [-0.39, 0.29) is 42.7 Å². The lowest BCUT2D eigenvalue weighted by Crippen LogP contribution is -2.46. The molecule has 1 aliphatic heterocycles. The van der Waals surface area contributed by atoms with Crippen molar-refractivity contribution in [3.05, 3.63) is 65.0 Å². The van der Waals surface area contributed by atoms with Crippen LogP contribution in [0.15, 0.2) is 42.5 Å². The van der Waals surface area contributed by atoms with Crippen LogP contribution in [0.4, 0.5) is 10.1 Å². The topological polar surface area (TPSA) is 75.4 Å². The number of para-hydroxylation sites is 1. The number of primary amides is 1. The molecule has 0 aliphatic carbocycles. The van der Waals surface area contributed by atoms with Gasteiger partial charge in [0.05, 0.1) is 12.5 Å². The van der Waals surface area contributed by atoms with Gasteiger partial charge in [0.15, 0.2) is 0 Å². The molecule has 142 valence electrons.